The summed E-state index contributed by atoms with van der Waals surface area (Å²) in [7, 11) is 0. The highest BCUT2D eigenvalue weighted by Gasteiger charge is 2.19. The normalized spacial score (nSPS) is 12.8. The fraction of sp³-hybridized carbons (Fsp3) is 0.704. The van der Waals surface area contributed by atoms with Crippen molar-refractivity contribution >= 4 is 17.9 Å². The molecule has 440 valence electrons. The molecule has 0 saturated heterocycles. The minimum Gasteiger partial charge on any atom is -0.462 e. The lowest BCUT2D eigenvalue weighted by molar-refractivity contribution is -0.167. The first-order valence-corrected chi connectivity index (χ1v) is 32.4. The number of hydrogen-bond donors (Lipinski definition) is 0. The van der Waals surface area contributed by atoms with Gasteiger partial charge in [0.25, 0.3) is 0 Å². The molecule has 1 unspecified atom stereocenters. The number of allylic oxidation sites excluding steroid dienone is 18. The molecule has 0 radical (unpaired) electrons. The Balaban J connectivity index is 4.46. The van der Waals surface area contributed by atoms with E-state index in [1.54, 1.807) is 0 Å². The van der Waals surface area contributed by atoms with Crippen molar-refractivity contribution in [1.82, 2.24) is 0 Å². The maximum absolute atomic E-state index is 12.9. The molecule has 0 aliphatic heterocycles. The van der Waals surface area contributed by atoms with Gasteiger partial charge in [0.1, 0.15) is 13.2 Å². The third kappa shape index (κ3) is 62.8. The van der Waals surface area contributed by atoms with Gasteiger partial charge in [0.05, 0.1) is 0 Å². The van der Waals surface area contributed by atoms with Crippen molar-refractivity contribution in [1.29, 1.82) is 0 Å². The van der Waals surface area contributed by atoms with E-state index in [2.05, 4.69) is 130 Å². The van der Waals surface area contributed by atoms with E-state index in [1.165, 1.54) is 135 Å². The third-order valence-electron chi connectivity index (χ3n) is 13.7. The number of ether oxygens (including phenoxy) is 3. The first kappa shape index (κ1) is 73.1. The Kier molecular flexibility index (Phi) is 61.3. The van der Waals surface area contributed by atoms with E-state index in [-0.39, 0.29) is 31.1 Å². The topological polar surface area (TPSA) is 78.9 Å². The Morgan fingerprint density at radius 3 is 0.792 bits per heavy atom. The smallest absolute Gasteiger partial charge is 0.306 e. The predicted octanol–water partition coefficient (Wildman–Crippen LogP) is 22.2. The first-order valence-electron chi connectivity index (χ1n) is 32.4. The average Bonchev–Trinajstić information content (AvgIpc) is 3.43. The Bertz CT molecular complexity index is 1560. The number of rotatable bonds is 58. The molecule has 0 aromatic carbocycles. The maximum atomic E-state index is 12.9. The summed E-state index contributed by atoms with van der Waals surface area (Å²) in [5, 5.41) is 0. The molecule has 0 aromatic rings. The molecular formula is C71H120O6. The van der Waals surface area contributed by atoms with E-state index in [1.807, 2.05) is 0 Å². The van der Waals surface area contributed by atoms with Crippen LogP contribution in [0.25, 0.3) is 0 Å². The van der Waals surface area contributed by atoms with E-state index in [0.717, 1.165) is 128 Å². The van der Waals surface area contributed by atoms with E-state index in [4.69, 9.17) is 14.2 Å². The lowest BCUT2D eigenvalue weighted by Crippen LogP contribution is -2.30. The monoisotopic (exact) mass is 1070 g/mol. The molecule has 0 spiro atoms. The summed E-state index contributed by atoms with van der Waals surface area (Å²) in [6.07, 6.45) is 88.0. The van der Waals surface area contributed by atoms with Gasteiger partial charge in [0, 0.05) is 19.3 Å². The molecule has 0 bridgehead atoms. The van der Waals surface area contributed by atoms with Gasteiger partial charge in [-0.25, -0.2) is 0 Å². The molecular weight excluding hydrogens is 949 g/mol. The Labute approximate surface area is 476 Å². The number of hydrogen-bond acceptors (Lipinski definition) is 6. The van der Waals surface area contributed by atoms with Crippen LogP contribution in [0, 0.1) is 0 Å². The van der Waals surface area contributed by atoms with Crippen LogP contribution in [0.5, 0.6) is 0 Å². The summed E-state index contributed by atoms with van der Waals surface area (Å²) in [5.74, 6) is -0.921. The van der Waals surface area contributed by atoms with Gasteiger partial charge < -0.3 is 14.2 Å². The quantitative estimate of drug-likeness (QED) is 0.0261. The van der Waals surface area contributed by atoms with Crippen molar-refractivity contribution in [3.8, 4) is 0 Å². The number of carbonyl (C=O) groups is 3. The molecule has 1 atom stereocenters. The van der Waals surface area contributed by atoms with Gasteiger partial charge in [-0.2, -0.15) is 0 Å². The van der Waals surface area contributed by atoms with Gasteiger partial charge in [-0.3, -0.25) is 14.4 Å². The highest BCUT2D eigenvalue weighted by molar-refractivity contribution is 5.71. The zero-order chi connectivity index (χ0) is 55.7. The maximum Gasteiger partial charge on any atom is 0.306 e. The molecule has 6 heteroatoms. The van der Waals surface area contributed by atoms with Crippen LogP contribution < -0.4 is 0 Å². The highest BCUT2D eigenvalue weighted by atomic mass is 16.6. The van der Waals surface area contributed by atoms with Crippen LogP contribution >= 0.6 is 0 Å². The van der Waals surface area contributed by atoms with Crippen LogP contribution in [-0.2, 0) is 28.6 Å². The van der Waals surface area contributed by atoms with E-state index in [0.29, 0.717) is 19.3 Å². The van der Waals surface area contributed by atoms with Gasteiger partial charge in [-0.15, -0.1) is 0 Å². The largest absolute Gasteiger partial charge is 0.462 e. The molecule has 0 amide bonds. The number of unbranched alkanes of at least 4 members (excludes halogenated alkanes) is 29. The van der Waals surface area contributed by atoms with Gasteiger partial charge in [-0.05, 0) is 128 Å². The molecule has 0 aromatic heterocycles. The molecule has 0 fully saturated rings. The second-order valence-electron chi connectivity index (χ2n) is 21.3. The fourth-order valence-electron chi connectivity index (χ4n) is 8.88. The molecule has 0 rings (SSSR count). The molecule has 0 N–H and O–H groups in total. The van der Waals surface area contributed by atoms with Crippen LogP contribution in [0.2, 0.25) is 0 Å². The van der Waals surface area contributed by atoms with Crippen molar-refractivity contribution in [3.05, 3.63) is 109 Å². The van der Waals surface area contributed by atoms with Crippen molar-refractivity contribution in [3.63, 3.8) is 0 Å². The van der Waals surface area contributed by atoms with E-state index < -0.39 is 6.10 Å². The van der Waals surface area contributed by atoms with Crippen LogP contribution in [0.3, 0.4) is 0 Å². The fourth-order valence-corrected chi connectivity index (χ4v) is 8.88. The summed E-state index contributed by atoms with van der Waals surface area (Å²) >= 11 is 0. The first-order chi connectivity index (χ1) is 38.0. The summed E-state index contributed by atoms with van der Waals surface area (Å²) < 4.78 is 16.9. The summed E-state index contributed by atoms with van der Waals surface area (Å²) in [5.41, 5.74) is 0. The molecule has 6 nitrogen and oxygen atoms in total. The van der Waals surface area contributed by atoms with Crippen LogP contribution in [0.15, 0.2) is 109 Å². The van der Waals surface area contributed by atoms with Gasteiger partial charge in [0.15, 0.2) is 6.10 Å². The zero-order valence-electron chi connectivity index (χ0n) is 50.4. The van der Waals surface area contributed by atoms with E-state index >= 15 is 0 Å². The number of esters is 3. The van der Waals surface area contributed by atoms with Gasteiger partial charge >= 0.3 is 17.9 Å². The summed E-state index contributed by atoms with van der Waals surface area (Å²) in [6.45, 7) is 6.50. The number of carbonyl (C=O) groups excluding carboxylic acids is 3. The standard InChI is InChI=1S/C71H120O6/c1-4-7-10-13-16-19-22-25-28-31-33-35-37-40-43-46-49-52-55-58-61-64-70(73)76-67-68(66-75-69(72)63-60-57-54-51-48-45-42-39-30-27-24-21-18-15-12-9-6-3)77-71(74)65-62-59-56-53-50-47-44-41-38-36-34-32-29-26-23-20-17-14-11-8-5-2/h9,12,18,21-23,25-27,30-34,37-38,40-41,68H,4-8,10-11,13-17,19-20,24,28-29,35-36,39,42-67H2,1-3H3/b12-9-,21-18-,25-22-,26-23-,30-27-,33-31-,34-32-,40-37-,41-38-. The SMILES string of the molecule is CC/C=C\C/C=C\C/C=C\CCCCCCCCCC(=O)OCC(COC(=O)CCCCCCCC/C=C\C/C=C\C/C=C\CCCCCCC)OC(=O)CCCCCCCC/C=C\C/C=C\C/C=C\CCCCCCC. The van der Waals surface area contributed by atoms with Crippen molar-refractivity contribution in [2.75, 3.05) is 13.2 Å². The third-order valence-corrected chi connectivity index (χ3v) is 13.7. The van der Waals surface area contributed by atoms with E-state index in [9.17, 15) is 14.4 Å². The summed E-state index contributed by atoms with van der Waals surface area (Å²) in [6, 6.07) is 0. The second-order valence-corrected chi connectivity index (χ2v) is 21.3. The highest BCUT2D eigenvalue weighted by Crippen LogP contribution is 2.15. The predicted molar refractivity (Wildman–Crippen MR) is 334 cm³/mol. The Hall–Kier alpha value is -3.93. The molecule has 0 aliphatic rings. The van der Waals surface area contributed by atoms with Crippen LogP contribution in [0.1, 0.15) is 303 Å². The summed E-state index contributed by atoms with van der Waals surface area (Å²) in [4.78, 5) is 38.4. The van der Waals surface area contributed by atoms with Gasteiger partial charge in [-0.1, -0.05) is 265 Å². The Morgan fingerprint density at radius 1 is 0.273 bits per heavy atom. The molecule has 0 aliphatic carbocycles. The zero-order valence-corrected chi connectivity index (χ0v) is 50.4. The lowest BCUT2D eigenvalue weighted by atomic mass is 10.1. The van der Waals surface area contributed by atoms with Gasteiger partial charge in [0.2, 0.25) is 0 Å². The second kappa shape index (κ2) is 64.6. The lowest BCUT2D eigenvalue weighted by Gasteiger charge is -2.18. The minimum atomic E-state index is -0.799. The van der Waals surface area contributed by atoms with Crippen molar-refractivity contribution in [2.45, 2.75) is 309 Å². The molecule has 0 heterocycles. The molecule has 0 saturated carbocycles. The minimum absolute atomic E-state index is 0.0941. The molecule has 77 heavy (non-hydrogen) atoms. The van der Waals surface area contributed by atoms with Crippen molar-refractivity contribution < 1.29 is 28.6 Å². The van der Waals surface area contributed by atoms with Crippen LogP contribution in [-0.4, -0.2) is 37.2 Å². The Morgan fingerprint density at radius 2 is 0.506 bits per heavy atom. The average molecular weight is 1070 g/mol. The van der Waals surface area contributed by atoms with Crippen molar-refractivity contribution in [2.24, 2.45) is 0 Å². The van der Waals surface area contributed by atoms with Crippen LogP contribution in [0.4, 0.5) is 0 Å².